The van der Waals surface area contributed by atoms with Crippen LogP contribution < -0.4 is 0 Å². The molecule has 1 heterocycles. The van der Waals surface area contributed by atoms with E-state index in [0.29, 0.717) is 15.1 Å². The number of furan rings is 1. The van der Waals surface area contributed by atoms with Gasteiger partial charge in [-0.15, -0.1) is 0 Å². The summed E-state index contributed by atoms with van der Waals surface area (Å²) in [5.41, 5.74) is 2.50. The van der Waals surface area contributed by atoms with E-state index in [1.807, 2.05) is 25.1 Å². The second kappa shape index (κ2) is 3.81. The van der Waals surface area contributed by atoms with E-state index >= 15 is 0 Å². The Kier molecular flexibility index (Phi) is 2.51. The zero-order chi connectivity index (χ0) is 12.2. The van der Waals surface area contributed by atoms with Gasteiger partial charge in [0.15, 0.2) is 0 Å². The Morgan fingerprint density at radius 2 is 1.59 bits per heavy atom. The smallest absolute Gasteiger partial charge is 0.137 e. The summed E-state index contributed by atoms with van der Waals surface area (Å²) in [6, 6.07) is 7.22. The van der Waals surface area contributed by atoms with Gasteiger partial charge >= 0.3 is 0 Å². The van der Waals surface area contributed by atoms with Gasteiger partial charge in [0.05, 0.1) is 10.0 Å². The predicted molar refractivity (Wildman–Crippen MR) is 73.5 cm³/mol. The molecule has 0 N–H and O–H groups in total. The van der Waals surface area contributed by atoms with Crippen LogP contribution in [0.1, 0.15) is 5.56 Å². The summed E-state index contributed by atoms with van der Waals surface area (Å²) in [6.45, 7) is 1.96. The minimum absolute atomic E-state index is 0.488. The zero-order valence-electron chi connectivity index (χ0n) is 8.85. The number of hydrogen-bond donors (Lipinski definition) is 0. The number of hydrogen-bond acceptors (Lipinski definition) is 1. The van der Waals surface area contributed by atoms with Crippen molar-refractivity contribution in [2.24, 2.45) is 0 Å². The topological polar surface area (TPSA) is 13.1 Å². The molecule has 4 heteroatoms. The molecule has 0 spiro atoms. The summed E-state index contributed by atoms with van der Waals surface area (Å²) < 4.78 is 5.72. The molecule has 2 aromatic carbocycles. The average Bonchev–Trinajstić information content (AvgIpc) is 2.63. The van der Waals surface area contributed by atoms with Gasteiger partial charge in [-0.05, 0) is 30.7 Å². The first kappa shape index (κ1) is 11.2. The Balaban J connectivity index is 2.58. The van der Waals surface area contributed by atoms with E-state index in [2.05, 4.69) is 0 Å². The third kappa shape index (κ3) is 1.61. The molecule has 0 unspecified atom stereocenters. The van der Waals surface area contributed by atoms with E-state index in [1.54, 1.807) is 6.07 Å². The highest BCUT2D eigenvalue weighted by Gasteiger charge is 2.13. The van der Waals surface area contributed by atoms with Crippen molar-refractivity contribution in [1.29, 1.82) is 0 Å². The first-order valence-corrected chi connectivity index (χ1v) is 6.17. The van der Waals surface area contributed by atoms with Gasteiger partial charge in [0.25, 0.3) is 0 Å². The minimum atomic E-state index is 0.488. The molecule has 1 aromatic heterocycles. The van der Waals surface area contributed by atoms with Gasteiger partial charge in [0, 0.05) is 21.9 Å². The molecule has 0 radical (unpaired) electrons. The van der Waals surface area contributed by atoms with Crippen molar-refractivity contribution in [2.75, 3.05) is 0 Å². The molecule has 0 aliphatic carbocycles. The summed E-state index contributed by atoms with van der Waals surface area (Å²) in [5.74, 6) is 0. The fourth-order valence-electron chi connectivity index (χ4n) is 2.01. The van der Waals surface area contributed by atoms with Crippen molar-refractivity contribution in [2.45, 2.75) is 6.92 Å². The van der Waals surface area contributed by atoms with E-state index in [-0.39, 0.29) is 0 Å². The highest BCUT2D eigenvalue weighted by Crippen LogP contribution is 2.37. The highest BCUT2D eigenvalue weighted by atomic mass is 35.5. The number of rotatable bonds is 0. The van der Waals surface area contributed by atoms with Gasteiger partial charge in [0.1, 0.15) is 11.2 Å². The molecular weight excluding hydrogens is 279 g/mol. The zero-order valence-corrected chi connectivity index (χ0v) is 11.1. The third-order valence-corrected chi connectivity index (χ3v) is 4.00. The largest absolute Gasteiger partial charge is 0.456 e. The molecule has 0 saturated heterocycles. The lowest BCUT2D eigenvalue weighted by Crippen LogP contribution is -1.77. The molecule has 3 rings (SSSR count). The molecule has 3 aromatic rings. The van der Waals surface area contributed by atoms with Gasteiger partial charge in [-0.2, -0.15) is 0 Å². The van der Waals surface area contributed by atoms with Crippen molar-refractivity contribution in [3.05, 3.63) is 44.9 Å². The van der Waals surface area contributed by atoms with Crippen molar-refractivity contribution in [3.63, 3.8) is 0 Å². The minimum Gasteiger partial charge on any atom is -0.456 e. The van der Waals surface area contributed by atoms with Gasteiger partial charge in [-0.1, -0.05) is 34.8 Å². The molecule has 0 bridgehead atoms. The second-order valence-corrected chi connectivity index (χ2v) is 5.13. The van der Waals surface area contributed by atoms with E-state index in [4.69, 9.17) is 39.2 Å². The standard InChI is InChI=1S/C13H7Cl3O/c1-6-8(14)2-3-11-13(6)7-4-9(15)10(16)5-12(7)17-11/h2-5H,1H3. The summed E-state index contributed by atoms with van der Waals surface area (Å²) in [6.07, 6.45) is 0. The van der Waals surface area contributed by atoms with E-state index < -0.39 is 0 Å². The van der Waals surface area contributed by atoms with Crippen LogP contribution in [0.3, 0.4) is 0 Å². The molecule has 0 aliphatic rings. The number of aryl methyl sites for hydroxylation is 1. The van der Waals surface area contributed by atoms with Crippen LogP contribution >= 0.6 is 34.8 Å². The summed E-state index contributed by atoms with van der Waals surface area (Å²) in [4.78, 5) is 0. The lowest BCUT2D eigenvalue weighted by molar-refractivity contribution is 0.669. The van der Waals surface area contributed by atoms with Crippen LogP contribution in [-0.2, 0) is 0 Å². The summed E-state index contributed by atoms with van der Waals surface area (Å²) >= 11 is 18.1. The van der Waals surface area contributed by atoms with E-state index in [1.165, 1.54) is 0 Å². The van der Waals surface area contributed by atoms with Crippen LogP contribution in [0.15, 0.2) is 28.7 Å². The van der Waals surface area contributed by atoms with E-state index in [9.17, 15) is 0 Å². The lowest BCUT2D eigenvalue weighted by atomic mass is 10.1. The highest BCUT2D eigenvalue weighted by molar-refractivity contribution is 6.43. The van der Waals surface area contributed by atoms with Crippen LogP contribution in [0.2, 0.25) is 15.1 Å². The van der Waals surface area contributed by atoms with Crippen LogP contribution in [0.25, 0.3) is 21.9 Å². The van der Waals surface area contributed by atoms with Gasteiger partial charge in [0.2, 0.25) is 0 Å². The van der Waals surface area contributed by atoms with Crippen molar-refractivity contribution < 1.29 is 4.42 Å². The summed E-state index contributed by atoms with van der Waals surface area (Å²) in [7, 11) is 0. The molecular formula is C13H7Cl3O. The number of halogens is 3. The Hall–Kier alpha value is -0.890. The molecule has 0 saturated carbocycles. The normalized spacial score (nSPS) is 11.5. The van der Waals surface area contributed by atoms with Gasteiger partial charge in [-0.25, -0.2) is 0 Å². The molecule has 1 nitrogen and oxygen atoms in total. The first-order chi connectivity index (χ1) is 8.08. The third-order valence-electron chi connectivity index (χ3n) is 2.87. The molecule has 0 atom stereocenters. The molecule has 0 aliphatic heterocycles. The molecule has 17 heavy (non-hydrogen) atoms. The van der Waals surface area contributed by atoms with Gasteiger partial charge < -0.3 is 4.42 Å². The Morgan fingerprint density at radius 3 is 2.35 bits per heavy atom. The number of benzene rings is 2. The maximum Gasteiger partial charge on any atom is 0.137 e. The molecule has 0 amide bonds. The average molecular weight is 286 g/mol. The van der Waals surface area contributed by atoms with Crippen LogP contribution in [0, 0.1) is 6.92 Å². The maximum absolute atomic E-state index is 6.12. The maximum atomic E-state index is 6.12. The number of fused-ring (bicyclic) bond motifs is 3. The Morgan fingerprint density at radius 1 is 0.882 bits per heavy atom. The van der Waals surface area contributed by atoms with Crippen molar-refractivity contribution in [3.8, 4) is 0 Å². The van der Waals surface area contributed by atoms with Crippen LogP contribution in [0.5, 0.6) is 0 Å². The van der Waals surface area contributed by atoms with E-state index in [0.717, 1.165) is 27.5 Å². The monoisotopic (exact) mass is 284 g/mol. The lowest BCUT2D eigenvalue weighted by Gasteiger charge is -1.99. The first-order valence-electron chi connectivity index (χ1n) is 5.04. The second-order valence-electron chi connectivity index (χ2n) is 3.91. The van der Waals surface area contributed by atoms with Crippen molar-refractivity contribution in [1.82, 2.24) is 0 Å². The SMILES string of the molecule is Cc1c(Cl)ccc2oc3cc(Cl)c(Cl)cc3c12. The van der Waals surface area contributed by atoms with Crippen LogP contribution in [0.4, 0.5) is 0 Å². The van der Waals surface area contributed by atoms with Gasteiger partial charge in [-0.3, -0.25) is 0 Å². The van der Waals surface area contributed by atoms with Crippen LogP contribution in [-0.4, -0.2) is 0 Å². The fraction of sp³-hybridized carbons (Fsp3) is 0.0769. The Bertz CT molecular complexity index is 743. The Labute approximate surface area is 113 Å². The molecule has 0 fully saturated rings. The molecule has 86 valence electrons. The van der Waals surface area contributed by atoms with Crippen molar-refractivity contribution >= 4 is 56.7 Å². The predicted octanol–water partition coefficient (Wildman–Crippen LogP) is 5.85. The fourth-order valence-corrected chi connectivity index (χ4v) is 2.48. The summed E-state index contributed by atoms with van der Waals surface area (Å²) in [5, 5.41) is 3.65. The quantitative estimate of drug-likeness (QED) is 0.504.